The number of likely N-dealkylation sites (tertiary alicyclic amines) is 1. The molecule has 1 aromatic carbocycles. The van der Waals surface area contributed by atoms with Crippen molar-refractivity contribution in [3.63, 3.8) is 0 Å². The van der Waals surface area contributed by atoms with Crippen molar-refractivity contribution in [2.24, 2.45) is 17.6 Å². The second-order valence-corrected chi connectivity index (χ2v) is 6.23. The molecule has 3 nitrogen and oxygen atoms in total. The standard InChI is InChI=1S/C17H24N2O/c1-12(2)14-7-8-19(11-14)15(10-18)17-9-13-5-3-4-6-16(13)20-17/h3-6,9,12,14-15H,7-8,10-11,18H2,1-2H3. The van der Waals surface area contributed by atoms with E-state index in [0.29, 0.717) is 6.54 Å². The van der Waals surface area contributed by atoms with E-state index in [9.17, 15) is 0 Å². The lowest BCUT2D eigenvalue weighted by molar-refractivity contribution is 0.209. The molecule has 2 atom stereocenters. The molecule has 1 aliphatic rings. The first-order valence-electron chi connectivity index (χ1n) is 7.61. The fourth-order valence-corrected chi connectivity index (χ4v) is 3.25. The predicted molar refractivity (Wildman–Crippen MR) is 82.5 cm³/mol. The molecule has 2 unspecified atom stereocenters. The summed E-state index contributed by atoms with van der Waals surface area (Å²) in [7, 11) is 0. The van der Waals surface area contributed by atoms with Crippen LogP contribution in [0.2, 0.25) is 0 Å². The summed E-state index contributed by atoms with van der Waals surface area (Å²) >= 11 is 0. The fourth-order valence-electron chi connectivity index (χ4n) is 3.25. The number of nitrogens with two attached hydrogens (primary N) is 1. The summed E-state index contributed by atoms with van der Waals surface area (Å²) in [6.45, 7) is 7.50. The Kier molecular flexibility index (Phi) is 3.81. The number of rotatable bonds is 4. The third-order valence-corrected chi connectivity index (χ3v) is 4.64. The van der Waals surface area contributed by atoms with Gasteiger partial charge in [0, 0.05) is 18.5 Å². The van der Waals surface area contributed by atoms with Crippen LogP contribution in [0.3, 0.4) is 0 Å². The first kappa shape index (κ1) is 13.7. The Morgan fingerprint density at radius 3 is 2.80 bits per heavy atom. The summed E-state index contributed by atoms with van der Waals surface area (Å²) in [5, 5.41) is 1.17. The molecule has 3 heteroatoms. The van der Waals surface area contributed by atoms with Gasteiger partial charge in [-0.1, -0.05) is 32.0 Å². The minimum absolute atomic E-state index is 0.214. The smallest absolute Gasteiger partial charge is 0.134 e. The van der Waals surface area contributed by atoms with Crippen LogP contribution in [0.4, 0.5) is 0 Å². The van der Waals surface area contributed by atoms with E-state index in [2.05, 4.69) is 30.9 Å². The zero-order valence-corrected chi connectivity index (χ0v) is 12.4. The molecule has 0 aliphatic carbocycles. The van der Waals surface area contributed by atoms with Gasteiger partial charge in [-0.3, -0.25) is 4.90 Å². The molecule has 1 saturated heterocycles. The lowest BCUT2D eigenvalue weighted by Crippen LogP contribution is -2.32. The third-order valence-electron chi connectivity index (χ3n) is 4.64. The topological polar surface area (TPSA) is 42.4 Å². The van der Waals surface area contributed by atoms with Crippen LogP contribution in [0.1, 0.15) is 32.1 Å². The van der Waals surface area contributed by atoms with Gasteiger partial charge in [0.05, 0.1) is 6.04 Å². The van der Waals surface area contributed by atoms with Gasteiger partial charge in [0.2, 0.25) is 0 Å². The summed E-state index contributed by atoms with van der Waals surface area (Å²) in [6, 6.07) is 10.5. The number of fused-ring (bicyclic) bond motifs is 1. The monoisotopic (exact) mass is 272 g/mol. The zero-order chi connectivity index (χ0) is 14.1. The highest BCUT2D eigenvalue weighted by atomic mass is 16.3. The molecule has 1 fully saturated rings. The van der Waals surface area contributed by atoms with Gasteiger partial charge in [0.15, 0.2) is 0 Å². The van der Waals surface area contributed by atoms with Crippen LogP contribution in [0.5, 0.6) is 0 Å². The van der Waals surface area contributed by atoms with E-state index in [4.69, 9.17) is 10.2 Å². The Morgan fingerprint density at radius 1 is 1.35 bits per heavy atom. The Hall–Kier alpha value is -1.32. The summed E-state index contributed by atoms with van der Waals surface area (Å²) < 4.78 is 6.01. The molecule has 3 rings (SSSR count). The van der Waals surface area contributed by atoms with E-state index in [-0.39, 0.29) is 6.04 Å². The van der Waals surface area contributed by atoms with Crippen molar-refractivity contribution in [2.45, 2.75) is 26.3 Å². The second kappa shape index (κ2) is 5.58. The van der Waals surface area contributed by atoms with Crippen LogP contribution < -0.4 is 5.73 Å². The van der Waals surface area contributed by atoms with E-state index in [1.165, 1.54) is 11.8 Å². The van der Waals surface area contributed by atoms with Gasteiger partial charge in [-0.05, 0) is 36.9 Å². The summed E-state index contributed by atoms with van der Waals surface area (Å²) in [4.78, 5) is 2.49. The molecule has 1 aromatic heterocycles. The van der Waals surface area contributed by atoms with Crippen molar-refractivity contribution in [2.75, 3.05) is 19.6 Å². The first-order chi connectivity index (χ1) is 9.69. The summed E-state index contributed by atoms with van der Waals surface area (Å²) in [5.41, 5.74) is 6.99. The van der Waals surface area contributed by atoms with Gasteiger partial charge < -0.3 is 10.2 Å². The van der Waals surface area contributed by atoms with Crippen LogP contribution in [-0.4, -0.2) is 24.5 Å². The molecule has 108 valence electrons. The maximum absolute atomic E-state index is 6.03. The normalized spacial score (nSPS) is 21.9. The minimum atomic E-state index is 0.214. The van der Waals surface area contributed by atoms with Gasteiger partial charge in [0.1, 0.15) is 11.3 Å². The Morgan fingerprint density at radius 2 is 2.15 bits per heavy atom. The highest BCUT2D eigenvalue weighted by molar-refractivity contribution is 5.77. The zero-order valence-electron chi connectivity index (χ0n) is 12.4. The molecular weight excluding hydrogens is 248 g/mol. The van der Waals surface area contributed by atoms with Crippen LogP contribution >= 0.6 is 0 Å². The molecule has 2 heterocycles. The molecule has 20 heavy (non-hydrogen) atoms. The molecule has 0 saturated carbocycles. The molecular formula is C17H24N2O. The van der Waals surface area contributed by atoms with Crippen LogP contribution in [0, 0.1) is 11.8 Å². The van der Waals surface area contributed by atoms with E-state index in [1.807, 2.05) is 18.2 Å². The molecule has 0 amide bonds. The summed E-state index contributed by atoms with van der Waals surface area (Å²) in [6.07, 6.45) is 1.27. The minimum Gasteiger partial charge on any atom is -0.459 e. The predicted octanol–water partition coefficient (Wildman–Crippen LogP) is 3.41. The largest absolute Gasteiger partial charge is 0.459 e. The number of hydrogen-bond donors (Lipinski definition) is 1. The lowest BCUT2D eigenvalue weighted by atomic mass is 9.95. The third kappa shape index (κ3) is 2.48. The van der Waals surface area contributed by atoms with Crippen molar-refractivity contribution >= 4 is 11.0 Å². The van der Waals surface area contributed by atoms with Crippen LogP contribution in [0.25, 0.3) is 11.0 Å². The Bertz CT molecular complexity index is 542. The molecule has 2 N–H and O–H groups in total. The molecule has 0 bridgehead atoms. The maximum atomic E-state index is 6.03. The Balaban J connectivity index is 1.83. The average Bonchev–Trinajstić information content (AvgIpc) is 3.06. The maximum Gasteiger partial charge on any atom is 0.134 e. The van der Waals surface area contributed by atoms with E-state index in [1.54, 1.807) is 0 Å². The Labute approximate surface area is 120 Å². The van der Waals surface area contributed by atoms with E-state index < -0.39 is 0 Å². The molecule has 2 aromatic rings. The first-order valence-corrected chi connectivity index (χ1v) is 7.61. The van der Waals surface area contributed by atoms with Gasteiger partial charge in [0.25, 0.3) is 0 Å². The molecule has 0 radical (unpaired) electrons. The number of furan rings is 1. The van der Waals surface area contributed by atoms with Crippen molar-refractivity contribution in [1.82, 2.24) is 4.90 Å². The highest BCUT2D eigenvalue weighted by Gasteiger charge is 2.31. The van der Waals surface area contributed by atoms with E-state index in [0.717, 1.165) is 36.3 Å². The van der Waals surface area contributed by atoms with Crippen LogP contribution in [-0.2, 0) is 0 Å². The number of hydrogen-bond acceptors (Lipinski definition) is 3. The summed E-state index contributed by atoms with van der Waals surface area (Å²) in [5.74, 6) is 2.54. The van der Waals surface area contributed by atoms with Crippen molar-refractivity contribution < 1.29 is 4.42 Å². The quantitative estimate of drug-likeness (QED) is 0.927. The average molecular weight is 272 g/mol. The van der Waals surface area contributed by atoms with Gasteiger partial charge in [-0.15, -0.1) is 0 Å². The van der Waals surface area contributed by atoms with Crippen molar-refractivity contribution in [3.8, 4) is 0 Å². The second-order valence-electron chi connectivity index (χ2n) is 6.23. The van der Waals surface area contributed by atoms with E-state index >= 15 is 0 Å². The number of benzene rings is 1. The number of para-hydroxylation sites is 1. The lowest BCUT2D eigenvalue weighted by Gasteiger charge is -2.25. The van der Waals surface area contributed by atoms with Crippen molar-refractivity contribution in [1.29, 1.82) is 0 Å². The SMILES string of the molecule is CC(C)C1CCN(C(CN)c2cc3ccccc3o2)C1. The van der Waals surface area contributed by atoms with Gasteiger partial charge >= 0.3 is 0 Å². The molecule has 0 spiro atoms. The number of nitrogens with zero attached hydrogens (tertiary/aromatic N) is 1. The molecule has 1 aliphatic heterocycles. The van der Waals surface area contributed by atoms with Gasteiger partial charge in [-0.2, -0.15) is 0 Å². The van der Waals surface area contributed by atoms with Crippen molar-refractivity contribution in [3.05, 3.63) is 36.1 Å². The highest BCUT2D eigenvalue weighted by Crippen LogP contribution is 2.32. The van der Waals surface area contributed by atoms with Gasteiger partial charge in [-0.25, -0.2) is 0 Å². The fraction of sp³-hybridized carbons (Fsp3) is 0.529. The van der Waals surface area contributed by atoms with Crippen LogP contribution in [0.15, 0.2) is 34.7 Å².